The van der Waals surface area contributed by atoms with Gasteiger partial charge in [0.1, 0.15) is 0 Å². The molecule has 0 aliphatic carbocycles. The number of morpholine rings is 1. The van der Waals surface area contributed by atoms with Gasteiger partial charge in [-0.05, 0) is 49.9 Å². The lowest BCUT2D eigenvalue weighted by atomic mass is 9.96. The Morgan fingerprint density at radius 1 is 1.06 bits per heavy atom. The molecule has 1 aliphatic heterocycles. The first-order valence-electron chi connectivity index (χ1n) is 6.02. The highest BCUT2D eigenvalue weighted by molar-refractivity contribution is 5.38. The summed E-state index contributed by atoms with van der Waals surface area (Å²) in [7, 11) is 0. The molecule has 0 aromatic heterocycles. The van der Waals surface area contributed by atoms with Crippen molar-refractivity contribution in [2.75, 3.05) is 13.1 Å². The van der Waals surface area contributed by atoms with Gasteiger partial charge in [-0.15, -0.1) is 0 Å². The van der Waals surface area contributed by atoms with Crippen molar-refractivity contribution in [2.45, 2.75) is 39.9 Å². The summed E-state index contributed by atoms with van der Waals surface area (Å²) in [6, 6.07) is 4.53. The van der Waals surface area contributed by atoms with Crippen molar-refractivity contribution in [1.29, 1.82) is 0 Å². The van der Waals surface area contributed by atoms with Crippen molar-refractivity contribution in [3.63, 3.8) is 0 Å². The molecule has 1 aromatic carbocycles. The van der Waals surface area contributed by atoms with Crippen LogP contribution in [0.25, 0.3) is 0 Å². The van der Waals surface area contributed by atoms with Gasteiger partial charge in [0.2, 0.25) is 0 Å². The van der Waals surface area contributed by atoms with Gasteiger partial charge in [-0.1, -0.05) is 12.1 Å². The third-order valence-corrected chi connectivity index (χ3v) is 3.39. The molecule has 1 aliphatic rings. The normalized spacial score (nSPS) is 25.8. The first-order chi connectivity index (χ1) is 7.58. The van der Waals surface area contributed by atoms with Gasteiger partial charge in [0.25, 0.3) is 0 Å². The highest BCUT2D eigenvalue weighted by atomic mass is 16.5. The molecule has 1 heterocycles. The van der Waals surface area contributed by atoms with E-state index < -0.39 is 0 Å². The van der Waals surface area contributed by atoms with E-state index >= 15 is 0 Å². The van der Waals surface area contributed by atoms with Gasteiger partial charge in [0, 0.05) is 13.1 Å². The van der Waals surface area contributed by atoms with Gasteiger partial charge in [-0.2, -0.15) is 0 Å². The minimum Gasteiger partial charge on any atom is -0.368 e. The van der Waals surface area contributed by atoms with Crippen LogP contribution in [0.2, 0.25) is 0 Å². The molecular weight excluding hydrogens is 198 g/mol. The molecule has 2 unspecified atom stereocenters. The van der Waals surface area contributed by atoms with Crippen LogP contribution in [-0.4, -0.2) is 19.2 Å². The maximum atomic E-state index is 5.99. The standard InChI is InChI=1S/C14H21NO/c1-9-5-11(3)13(6-10(9)2)14-8-15-7-12(4)16-14/h5-6,12,14-15H,7-8H2,1-4H3. The van der Waals surface area contributed by atoms with Crippen LogP contribution in [0.5, 0.6) is 0 Å². The van der Waals surface area contributed by atoms with E-state index in [1.165, 1.54) is 22.3 Å². The smallest absolute Gasteiger partial charge is 0.0956 e. The Labute approximate surface area is 98.0 Å². The van der Waals surface area contributed by atoms with Crippen LogP contribution >= 0.6 is 0 Å². The molecule has 0 saturated carbocycles. The fourth-order valence-electron chi connectivity index (χ4n) is 2.31. The zero-order valence-corrected chi connectivity index (χ0v) is 10.6. The van der Waals surface area contributed by atoms with E-state index in [9.17, 15) is 0 Å². The molecule has 0 radical (unpaired) electrons. The van der Waals surface area contributed by atoms with Crippen molar-refractivity contribution in [2.24, 2.45) is 0 Å². The predicted octanol–water partition coefficient (Wildman–Crippen LogP) is 2.66. The van der Waals surface area contributed by atoms with Crippen LogP contribution in [0.4, 0.5) is 0 Å². The van der Waals surface area contributed by atoms with Crippen molar-refractivity contribution < 1.29 is 4.74 Å². The van der Waals surface area contributed by atoms with Gasteiger partial charge in [-0.25, -0.2) is 0 Å². The van der Waals surface area contributed by atoms with E-state index in [2.05, 4.69) is 45.1 Å². The van der Waals surface area contributed by atoms with E-state index in [1.54, 1.807) is 0 Å². The molecule has 2 atom stereocenters. The molecule has 2 heteroatoms. The molecule has 88 valence electrons. The number of nitrogens with one attached hydrogen (secondary N) is 1. The summed E-state index contributed by atoms with van der Waals surface area (Å²) in [5, 5.41) is 3.42. The maximum Gasteiger partial charge on any atom is 0.0956 e. The molecule has 0 amide bonds. The highest BCUT2D eigenvalue weighted by Gasteiger charge is 2.21. The maximum absolute atomic E-state index is 5.99. The highest BCUT2D eigenvalue weighted by Crippen LogP contribution is 2.26. The van der Waals surface area contributed by atoms with Crippen LogP contribution in [0.15, 0.2) is 12.1 Å². The Kier molecular flexibility index (Phi) is 3.31. The van der Waals surface area contributed by atoms with Gasteiger partial charge < -0.3 is 10.1 Å². The van der Waals surface area contributed by atoms with Gasteiger partial charge >= 0.3 is 0 Å². The minimum absolute atomic E-state index is 0.211. The Morgan fingerprint density at radius 3 is 2.44 bits per heavy atom. The van der Waals surface area contributed by atoms with E-state index in [0.29, 0.717) is 6.10 Å². The van der Waals surface area contributed by atoms with Crippen LogP contribution in [0, 0.1) is 20.8 Å². The molecule has 0 bridgehead atoms. The summed E-state index contributed by atoms with van der Waals surface area (Å²) in [4.78, 5) is 0. The third-order valence-electron chi connectivity index (χ3n) is 3.39. The summed E-state index contributed by atoms with van der Waals surface area (Å²) in [5.74, 6) is 0. The molecule has 1 N–H and O–H groups in total. The number of benzene rings is 1. The Balaban J connectivity index is 2.29. The molecular formula is C14H21NO. The van der Waals surface area contributed by atoms with E-state index in [1.807, 2.05) is 0 Å². The van der Waals surface area contributed by atoms with Crippen molar-refractivity contribution in [3.05, 3.63) is 34.4 Å². The minimum atomic E-state index is 0.211. The fraction of sp³-hybridized carbons (Fsp3) is 0.571. The topological polar surface area (TPSA) is 21.3 Å². The number of aryl methyl sites for hydroxylation is 3. The van der Waals surface area contributed by atoms with Crippen LogP contribution in [0.1, 0.15) is 35.3 Å². The monoisotopic (exact) mass is 219 g/mol. The quantitative estimate of drug-likeness (QED) is 0.784. The first-order valence-corrected chi connectivity index (χ1v) is 6.02. The first kappa shape index (κ1) is 11.6. The van der Waals surface area contributed by atoms with Gasteiger partial charge in [0.15, 0.2) is 0 Å². The number of hydrogen-bond donors (Lipinski definition) is 1. The molecule has 0 spiro atoms. The zero-order valence-electron chi connectivity index (χ0n) is 10.6. The fourth-order valence-corrected chi connectivity index (χ4v) is 2.31. The molecule has 1 aromatic rings. The summed E-state index contributed by atoms with van der Waals surface area (Å²) >= 11 is 0. The SMILES string of the molecule is Cc1cc(C)c(C2CNCC(C)O2)cc1C. The summed E-state index contributed by atoms with van der Waals surface area (Å²) < 4.78 is 5.99. The summed E-state index contributed by atoms with van der Waals surface area (Å²) in [5.41, 5.74) is 5.38. The number of ether oxygens (including phenoxy) is 1. The van der Waals surface area contributed by atoms with E-state index in [-0.39, 0.29) is 6.10 Å². The number of hydrogen-bond acceptors (Lipinski definition) is 2. The van der Waals surface area contributed by atoms with Crippen LogP contribution in [0.3, 0.4) is 0 Å². The van der Waals surface area contributed by atoms with Crippen molar-refractivity contribution >= 4 is 0 Å². The Hall–Kier alpha value is -0.860. The molecule has 2 nitrogen and oxygen atoms in total. The second-order valence-electron chi connectivity index (χ2n) is 4.89. The average Bonchev–Trinajstić information content (AvgIpc) is 2.23. The Bertz CT molecular complexity index is 387. The largest absolute Gasteiger partial charge is 0.368 e. The van der Waals surface area contributed by atoms with E-state index in [4.69, 9.17) is 4.74 Å². The van der Waals surface area contributed by atoms with Gasteiger partial charge in [-0.3, -0.25) is 0 Å². The molecule has 16 heavy (non-hydrogen) atoms. The summed E-state index contributed by atoms with van der Waals surface area (Å²) in [6.45, 7) is 10.5. The third kappa shape index (κ3) is 2.28. The summed E-state index contributed by atoms with van der Waals surface area (Å²) in [6.07, 6.45) is 0.516. The predicted molar refractivity (Wildman–Crippen MR) is 66.8 cm³/mol. The van der Waals surface area contributed by atoms with Crippen molar-refractivity contribution in [3.8, 4) is 0 Å². The lowest BCUT2D eigenvalue weighted by Gasteiger charge is -2.30. The van der Waals surface area contributed by atoms with E-state index in [0.717, 1.165) is 13.1 Å². The lowest BCUT2D eigenvalue weighted by molar-refractivity contribution is -0.0290. The lowest BCUT2D eigenvalue weighted by Crippen LogP contribution is -2.39. The zero-order chi connectivity index (χ0) is 11.7. The molecule has 1 fully saturated rings. The Morgan fingerprint density at radius 2 is 1.75 bits per heavy atom. The second kappa shape index (κ2) is 4.56. The molecule has 1 saturated heterocycles. The second-order valence-corrected chi connectivity index (χ2v) is 4.89. The number of rotatable bonds is 1. The van der Waals surface area contributed by atoms with Crippen molar-refractivity contribution in [1.82, 2.24) is 5.32 Å². The van der Waals surface area contributed by atoms with Crippen LogP contribution < -0.4 is 5.32 Å². The van der Waals surface area contributed by atoms with Gasteiger partial charge in [0.05, 0.1) is 12.2 Å². The molecule has 2 rings (SSSR count). The van der Waals surface area contributed by atoms with Crippen LogP contribution in [-0.2, 0) is 4.74 Å². The average molecular weight is 219 g/mol.